The maximum absolute atomic E-state index is 13.3. The third kappa shape index (κ3) is 5.26. The van der Waals surface area contributed by atoms with E-state index in [2.05, 4.69) is 9.71 Å². The molecule has 1 aromatic carbocycles. The lowest BCUT2D eigenvalue weighted by Gasteiger charge is -2.26. The molecule has 2 aliphatic heterocycles. The van der Waals surface area contributed by atoms with E-state index in [1.807, 2.05) is 0 Å². The molecule has 2 aromatic rings. The van der Waals surface area contributed by atoms with Gasteiger partial charge in [-0.2, -0.15) is 25.9 Å². The standard InChI is InChI=1S/C22H22F3N5O5S2/c23-22(24,25)36-17-3-1-16(2-4-17)30-19(31)21(6-7-21)29(20(30)32)14-15-5-8-26-18(13-15)27-37(33,34)28-9-11-35-12-10-28/h1-5,8,13H,6-7,9-12,14H2,(H,26,27). The van der Waals surface area contributed by atoms with Gasteiger partial charge in [-0.1, -0.05) is 0 Å². The van der Waals surface area contributed by atoms with Crippen molar-refractivity contribution in [2.45, 2.75) is 35.3 Å². The van der Waals surface area contributed by atoms with Gasteiger partial charge in [-0.15, -0.1) is 0 Å². The minimum atomic E-state index is -4.45. The number of benzene rings is 1. The Hall–Kier alpha value is -2.88. The van der Waals surface area contributed by atoms with E-state index in [9.17, 15) is 31.2 Å². The summed E-state index contributed by atoms with van der Waals surface area (Å²) in [6.45, 7) is 1.04. The van der Waals surface area contributed by atoms with Crippen LogP contribution in [0.5, 0.6) is 0 Å². The van der Waals surface area contributed by atoms with E-state index in [1.54, 1.807) is 6.07 Å². The molecule has 0 radical (unpaired) electrons. The summed E-state index contributed by atoms with van der Waals surface area (Å²) in [4.78, 5) is 32.9. The number of rotatable bonds is 7. The quantitative estimate of drug-likeness (QED) is 0.411. The molecule has 1 aliphatic carbocycles. The number of imide groups is 1. The molecule has 37 heavy (non-hydrogen) atoms. The van der Waals surface area contributed by atoms with Gasteiger partial charge in [0.25, 0.3) is 5.91 Å². The van der Waals surface area contributed by atoms with Gasteiger partial charge in [0.05, 0.1) is 18.9 Å². The monoisotopic (exact) mass is 557 g/mol. The number of carbonyl (C=O) groups is 2. The number of aromatic nitrogens is 1. The average Bonchev–Trinajstić information content (AvgIpc) is 3.62. The first-order valence-electron chi connectivity index (χ1n) is 11.3. The lowest BCUT2D eigenvalue weighted by Crippen LogP contribution is -2.43. The Bertz CT molecular complexity index is 1310. The number of anilines is 2. The van der Waals surface area contributed by atoms with Crippen molar-refractivity contribution in [1.82, 2.24) is 14.2 Å². The van der Waals surface area contributed by atoms with Crippen molar-refractivity contribution in [2.24, 2.45) is 0 Å². The number of pyridine rings is 1. The number of nitrogens with one attached hydrogen (secondary N) is 1. The minimum Gasteiger partial charge on any atom is -0.379 e. The molecule has 5 rings (SSSR count). The van der Waals surface area contributed by atoms with Gasteiger partial charge in [-0.25, -0.2) is 14.7 Å². The Kier molecular flexibility index (Phi) is 6.58. The molecular weight excluding hydrogens is 535 g/mol. The summed E-state index contributed by atoms with van der Waals surface area (Å²) in [5, 5.41) is 0. The largest absolute Gasteiger partial charge is 0.446 e. The minimum absolute atomic E-state index is 0.0257. The Morgan fingerprint density at radius 3 is 2.38 bits per heavy atom. The van der Waals surface area contributed by atoms with E-state index in [0.29, 0.717) is 31.6 Å². The van der Waals surface area contributed by atoms with Gasteiger partial charge in [-0.05, 0) is 66.6 Å². The number of nitrogens with zero attached hydrogens (tertiary/aromatic N) is 4. The molecule has 15 heteroatoms. The summed E-state index contributed by atoms with van der Waals surface area (Å²) in [6, 6.07) is 7.58. The number of amides is 3. The molecule has 1 saturated carbocycles. The van der Waals surface area contributed by atoms with E-state index in [4.69, 9.17) is 4.74 Å². The summed E-state index contributed by atoms with van der Waals surface area (Å²) in [7, 11) is -3.84. The number of hydrogen-bond donors (Lipinski definition) is 1. The first-order chi connectivity index (χ1) is 17.5. The SMILES string of the molecule is O=C1N(c2ccc(SC(F)(F)F)cc2)C(=O)C2(CC2)N1Cc1ccnc(NS(=O)(=O)N2CCOCC2)c1. The molecule has 10 nitrogen and oxygen atoms in total. The van der Waals surface area contributed by atoms with Crippen molar-refractivity contribution >= 4 is 45.4 Å². The van der Waals surface area contributed by atoms with Crippen molar-refractivity contribution in [2.75, 3.05) is 35.9 Å². The molecule has 0 unspecified atom stereocenters. The Morgan fingerprint density at radius 1 is 1.08 bits per heavy atom. The third-order valence-electron chi connectivity index (χ3n) is 6.30. The summed E-state index contributed by atoms with van der Waals surface area (Å²) >= 11 is -0.281. The summed E-state index contributed by atoms with van der Waals surface area (Å²) in [5.74, 6) is -0.363. The van der Waals surface area contributed by atoms with Crippen LogP contribution in [0.3, 0.4) is 0 Å². The van der Waals surface area contributed by atoms with Gasteiger partial charge in [0.15, 0.2) is 0 Å². The molecule has 198 valence electrons. The average molecular weight is 558 g/mol. The first kappa shape index (κ1) is 25.8. The van der Waals surface area contributed by atoms with Gasteiger partial charge >= 0.3 is 21.7 Å². The zero-order valence-electron chi connectivity index (χ0n) is 19.3. The fourth-order valence-electron chi connectivity index (χ4n) is 4.35. The van der Waals surface area contributed by atoms with Crippen LogP contribution in [0.1, 0.15) is 18.4 Å². The number of ether oxygens (including phenoxy) is 1. The van der Waals surface area contributed by atoms with E-state index < -0.39 is 33.2 Å². The van der Waals surface area contributed by atoms with Crippen LogP contribution in [0.2, 0.25) is 0 Å². The fraction of sp³-hybridized carbons (Fsp3) is 0.409. The third-order valence-corrected chi connectivity index (χ3v) is 8.55. The number of morpholine rings is 1. The van der Waals surface area contributed by atoms with Crippen LogP contribution in [0.15, 0.2) is 47.5 Å². The van der Waals surface area contributed by atoms with E-state index in [1.165, 1.54) is 45.7 Å². The highest BCUT2D eigenvalue weighted by atomic mass is 32.2. The molecule has 3 fully saturated rings. The van der Waals surface area contributed by atoms with Crippen LogP contribution >= 0.6 is 11.8 Å². The molecule has 2 saturated heterocycles. The van der Waals surface area contributed by atoms with Gasteiger partial charge in [0, 0.05) is 30.7 Å². The van der Waals surface area contributed by atoms with Gasteiger partial charge in [-0.3, -0.25) is 9.52 Å². The Morgan fingerprint density at radius 2 is 1.76 bits per heavy atom. The lowest BCUT2D eigenvalue weighted by molar-refractivity contribution is -0.120. The maximum Gasteiger partial charge on any atom is 0.446 e. The Balaban J connectivity index is 1.33. The van der Waals surface area contributed by atoms with Gasteiger partial charge < -0.3 is 9.64 Å². The molecule has 0 bridgehead atoms. The van der Waals surface area contributed by atoms with Crippen LogP contribution in [0.4, 0.5) is 29.5 Å². The van der Waals surface area contributed by atoms with Crippen molar-refractivity contribution in [1.29, 1.82) is 0 Å². The van der Waals surface area contributed by atoms with Crippen LogP contribution in [0, 0.1) is 0 Å². The molecule has 3 amide bonds. The van der Waals surface area contributed by atoms with Crippen molar-refractivity contribution in [3.05, 3.63) is 48.2 Å². The second kappa shape index (κ2) is 9.45. The molecule has 1 N–H and O–H groups in total. The zero-order valence-corrected chi connectivity index (χ0v) is 20.9. The number of carbonyl (C=O) groups excluding carboxylic acids is 2. The zero-order chi connectivity index (χ0) is 26.4. The predicted octanol–water partition coefficient (Wildman–Crippen LogP) is 3.18. The second-order valence-electron chi connectivity index (χ2n) is 8.75. The number of urea groups is 1. The van der Waals surface area contributed by atoms with Crippen LogP contribution in [-0.4, -0.2) is 71.9 Å². The first-order valence-corrected chi connectivity index (χ1v) is 13.6. The van der Waals surface area contributed by atoms with Gasteiger partial charge in [0.1, 0.15) is 11.4 Å². The normalized spacial score (nSPS) is 20.1. The van der Waals surface area contributed by atoms with Gasteiger partial charge in [0.2, 0.25) is 0 Å². The highest BCUT2D eigenvalue weighted by Crippen LogP contribution is 2.50. The summed E-state index contributed by atoms with van der Waals surface area (Å²) in [5.41, 5.74) is -4.73. The predicted molar refractivity (Wildman–Crippen MR) is 128 cm³/mol. The fourth-order valence-corrected chi connectivity index (χ4v) is 6.03. The molecule has 0 atom stereocenters. The highest BCUT2D eigenvalue weighted by Gasteiger charge is 2.65. The van der Waals surface area contributed by atoms with E-state index >= 15 is 0 Å². The second-order valence-corrected chi connectivity index (χ2v) is 11.6. The topological polar surface area (TPSA) is 112 Å². The van der Waals surface area contributed by atoms with Crippen molar-refractivity contribution in [3.8, 4) is 0 Å². The smallest absolute Gasteiger partial charge is 0.379 e. The molecular formula is C22H22F3N5O5S2. The Labute approximate surface area is 214 Å². The molecule has 3 heterocycles. The van der Waals surface area contributed by atoms with Crippen LogP contribution in [0.25, 0.3) is 0 Å². The van der Waals surface area contributed by atoms with Crippen molar-refractivity contribution in [3.63, 3.8) is 0 Å². The molecule has 3 aliphatic rings. The summed E-state index contributed by atoms with van der Waals surface area (Å²) in [6.07, 6.45) is 2.32. The molecule has 1 aromatic heterocycles. The number of thioether (sulfide) groups is 1. The number of alkyl halides is 3. The van der Waals surface area contributed by atoms with Crippen molar-refractivity contribution < 1.29 is 35.9 Å². The number of hydrogen-bond acceptors (Lipinski definition) is 7. The van der Waals surface area contributed by atoms with Crippen LogP contribution in [-0.2, 0) is 26.3 Å². The lowest BCUT2D eigenvalue weighted by atomic mass is 10.2. The summed E-state index contributed by atoms with van der Waals surface area (Å²) < 4.78 is 72.1. The van der Waals surface area contributed by atoms with Crippen LogP contribution < -0.4 is 9.62 Å². The number of halogens is 3. The molecule has 1 spiro atoms. The van der Waals surface area contributed by atoms with E-state index in [-0.39, 0.29) is 47.8 Å². The maximum atomic E-state index is 13.3. The van der Waals surface area contributed by atoms with E-state index in [0.717, 1.165) is 4.90 Å². The highest BCUT2D eigenvalue weighted by molar-refractivity contribution is 8.00.